The number of nitriles is 1. The Labute approximate surface area is 177 Å². The van der Waals surface area contributed by atoms with Gasteiger partial charge >= 0.3 is 6.18 Å². The van der Waals surface area contributed by atoms with Crippen LogP contribution in [0.2, 0.25) is 0 Å². The van der Waals surface area contributed by atoms with Crippen LogP contribution in [-0.4, -0.2) is 61.1 Å². The van der Waals surface area contributed by atoms with E-state index >= 15 is 0 Å². The van der Waals surface area contributed by atoms with E-state index in [-0.39, 0.29) is 24.6 Å². The van der Waals surface area contributed by atoms with Gasteiger partial charge in [0, 0.05) is 39.1 Å². The second kappa shape index (κ2) is 8.75. The molecular weight excluding hydrogens is 412 g/mol. The zero-order valence-corrected chi connectivity index (χ0v) is 16.8. The molecule has 0 N–H and O–H groups in total. The molecule has 3 heterocycles. The molecule has 4 rings (SSSR count). The largest absolute Gasteiger partial charge is 0.393 e. The quantitative estimate of drug-likeness (QED) is 0.674. The van der Waals surface area contributed by atoms with Gasteiger partial charge in [-0.3, -0.25) is 9.89 Å². The summed E-state index contributed by atoms with van der Waals surface area (Å²) in [4.78, 5) is 8.53. The number of aliphatic imine (C=N–C) groups is 1. The molecule has 2 unspecified atom stereocenters. The van der Waals surface area contributed by atoms with E-state index in [1.807, 2.05) is 6.07 Å². The number of amidine groups is 1. The van der Waals surface area contributed by atoms with Crippen molar-refractivity contribution in [1.82, 2.24) is 9.80 Å². The molecule has 0 amide bonds. The lowest BCUT2D eigenvalue weighted by molar-refractivity contribution is -0.173. The molecule has 164 valence electrons. The fourth-order valence-electron chi connectivity index (χ4n) is 4.16. The van der Waals surface area contributed by atoms with Crippen LogP contribution in [0, 0.1) is 23.1 Å². The minimum absolute atomic E-state index is 0.0198. The average Bonchev–Trinajstić information content (AvgIpc) is 3.22. The van der Waals surface area contributed by atoms with Crippen LogP contribution in [0.3, 0.4) is 0 Å². The third-order valence-corrected chi connectivity index (χ3v) is 6.00. The molecule has 0 bridgehead atoms. The van der Waals surface area contributed by atoms with Gasteiger partial charge in [-0.2, -0.15) is 28.7 Å². The van der Waals surface area contributed by atoms with E-state index in [9.17, 15) is 17.6 Å². The number of piperazine rings is 1. The van der Waals surface area contributed by atoms with E-state index in [1.165, 1.54) is 12.1 Å². The number of hydrogen-bond acceptors (Lipinski definition) is 6. The predicted octanol–water partition coefficient (Wildman–Crippen LogP) is 4.08. The van der Waals surface area contributed by atoms with E-state index in [0.717, 1.165) is 30.1 Å². The Hall–Kier alpha value is -2.80. The molecule has 1 saturated heterocycles. The van der Waals surface area contributed by atoms with Gasteiger partial charge in [0.1, 0.15) is 17.9 Å². The second-order valence-corrected chi connectivity index (χ2v) is 7.99. The van der Waals surface area contributed by atoms with Crippen LogP contribution in [0.25, 0.3) is 0 Å². The highest BCUT2D eigenvalue weighted by Crippen LogP contribution is 2.34. The molecule has 0 aromatic heterocycles. The number of benzene rings is 1. The van der Waals surface area contributed by atoms with Gasteiger partial charge in [0.05, 0.1) is 30.1 Å². The lowest BCUT2D eigenvalue weighted by Gasteiger charge is -2.38. The van der Waals surface area contributed by atoms with Gasteiger partial charge in [-0.05, 0) is 29.7 Å². The lowest BCUT2D eigenvalue weighted by atomic mass is 9.98. The molecule has 31 heavy (non-hydrogen) atoms. The highest BCUT2D eigenvalue weighted by atomic mass is 19.4. The number of rotatable bonds is 3. The fraction of sp³-hybridized carbons (Fsp3) is 0.524. The summed E-state index contributed by atoms with van der Waals surface area (Å²) >= 11 is 0. The van der Waals surface area contributed by atoms with Gasteiger partial charge in [0.15, 0.2) is 0 Å². The first-order valence-corrected chi connectivity index (χ1v) is 10.2. The van der Waals surface area contributed by atoms with Gasteiger partial charge in [-0.1, -0.05) is 6.07 Å². The van der Waals surface area contributed by atoms with Crippen molar-refractivity contribution in [2.75, 3.05) is 39.3 Å². The molecule has 0 aliphatic carbocycles. The monoisotopic (exact) mass is 434 g/mol. The topological polar surface area (TPSA) is 67.3 Å². The van der Waals surface area contributed by atoms with Gasteiger partial charge in [-0.25, -0.2) is 4.39 Å². The van der Waals surface area contributed by atoms with Crippen LogP contribution >= 0.6 is 0 Å². The number of nitrogens with zero attached hydrogens (tertiary/aromatic N) is 6. The molecule has 6 nitrogen and oxygen atoms in total. The molecule has 0 radical (unpaired) electrons. The molecule has 10 heteroatoms. The minimum atomic E-state index is -4.17. The van der Waals surface area contributed by atoms with Crippen LogP contribution < -0.4 is 0 Å². The summed E-state index contributed by atoms with van der Waals surface area (Å²) in [6.45, 7) is 3.36. The Bertz CT molecular complexity index is 954. The summed E-state index contributed by atoms with van der Waals surface area (Å²) in [6, 6.07) is 5.90. The molecule has 0 spiro atoms. The maximum absolute atomic E-state index is 13.6. The fourth-order valence-corrected chi connectivity index (χ4v) is 4.16. The Morgan fingerprint density at radius 3 is 2.58 bits per heavy atom. The molecule has 1 aromatic rings. The highest BCUT2D eigenvalue weighted by molar-refractivity contribution is 5.83. The minimum Gasteiger partial charge on any atom is -0.358 e. The number of halogens is 4. The van der Waals surface area contributed by atoms with Crippen molar-refractivity contribution in [3.05, 3.63) is 46.9 Å². The first-order chi connectivity index (χ1) is 14.8. The summed E-state index contributed by atoms with van der Waals surface area (Å²) in [5.41, 5.74) is 1.67. The van der Waals surface area contributed by atoms with Crippen molar-refractivity contribution in [3.63, 3.8) is 0 Å². The summed E-state index contributed by atoms with van der Waals surface area (Å²) in [5.74, 6) is -1.11. The third kappa shape index (κ3) is 4.77. The maximum atomic E-state index is 13.6. The smallest absolute Gasteiger partial charge is 0.358 e. The van der Waals surface area contributed by atoms with Gasteiger partial charge in [-0.15, -0.1) is 0 Å². The molecule has 3 aliphatic rings. The van der Waals surface area contributed by atoms with Crippen LogP contribution in [0.15, 0.2) is 45.2 Å². The first-order valence-electron chi connectivity index (χ1n) is 10.2. The zero-order valence-electron chi connectivity index (χ0n) is 16.8. The van der Waals surface area contributed by atoms with E-state index in [2.05, 4.69) is 25.0 Å². The average molecular weight is 434 g/mol. The van der Waals surface area contributed by atoms with Crippen molar-refractivity contribution in [1.29, 1.82) is 5.26 Å². The number of alkyl halides is 3. The van der Waals surface area contributed by atoms with Crippen molar-refractivity contribution in [2.45, 2.75) is 25.1 Å². The van der Waals surface area contributed by atoms with E-state index < -0.39 is 17.9 Å². The first kappa shape index (κ1) is 21.4. The highest BCUT2D eigenvalue weighted by Gasteiger charge is 2.41. The Kier molecular flexibility index (Phi) is 6.05. The molecule has 1 aromatic carbocycles. The Balaban J connectivity index is 1.32. The van der Waals surface area contributed by atoms with Crippen LogP contribution in [-0.2, 0) is 0 Å². The molecule has 2 atom stereocenters. The molecule has 0 saturated carbocycles. The summed E-state index contributed by atoms with van der Waals surface area (Å²) in [7, 11) is 0. The summed E-state index contributed by atoms with van der Waals surface area (Å²) in [6.07, 6.45) is -2.01. The van der Waals surface area contributed by atoms with Crippen LogP contribution in [0.5, 0.6) is 0 Å². The maximum Gasteiger partial charge on any atom is 0.393 e. The second-order valence-electron chi connectivity index (χ2n) is 7.99. The van der Waals surface area contributed by atoms with E-state index in [0.29, 0.717) is 26.1 Å². The van der Waals surface area contributed by atoms with Crippen LogP contribution in [0.4, 0.5) is 17.6 Å². The van der Waals surface area contributed by atoms with E-state index in [1.54, 1.807) is 12.3 Å². The standard InChI is InChI=1S/C21H22F4N6/c22-18-3-1-14(9-15(18)10-26)20-16(11-28-29-20)13-30-5-7-31(8-6-30)19-4-2-17(12-27-19)21(23,24)25/h1,3,9,11,17,20H,2,4-8,12-13H2. The lowest BCUT2D eigenvalue weighted by Crippen LogP contribution is -2.50. The molecule has 1 fully saturated rings. The summed E-state index contributed by atoms with van der Waals surface area (Å²) < 4.78 is 52.1. The van der Waals surface area contributed by atoms with Crippen molar-refractivity contribution < 1.29 is 17.6 Å². The normalized spacial score (nSPS) is 24.7. The molecular formula is C21H22F4N6. The summed E-state index contributed by atoms with van der Waals surface area (Å²) in [5, 5.41) is 17.3. The zero-order chi connectivity index (χ0) is 22.0. The SMILES string of the molecule is N#Cc1cc(C2N=NC=C2CN2CCN(C3=NCC(C(F)(F)F)CC3)CC2)ccc1F. The Morgan fingerprint density at radius 2 is 1.94 bits per heavy atom. The number of hydrogen-bond donors (Lipinski definition) is 0. The van der Waals surface area contributed by atoms with Crippen molar-refractivity contribution in [2.24, 2.45) is 21.1 Å². The van der Waals surface area contributed by atoms with E-state index in [4.69, 9.17) is 5.26 Å². The Morgan fingerprint density at radius 1 is 1.16 bits per heavy atom. The van der Waals surface area contributed by atoms with Crippen LogP contribution in [0.1, 0.15) is 30.0 Å². The van der Waals surface area contributed by atoms with Gasteiger partial charge in [0.25, 0.3) is 0 Å². The number of azo groups is 1. The van der Waals surface area contributed by atoms with Crippen molar-refractivity contribution in [3.8, 4) is 6.07 Å². The van der Waals surface area contributed by atoms with Gasteiger partial charge in [0.2, 0.25) is 0 Å². The third-order valence-electron chi connectivity index (χ3n) is 6.00. The predicted molar refractivity (Wildman–Crippen MR) is 106 cm³/mol. The van der Waals surface area contributed by atoms with Gasteiger partial charge < -0.3 is 4.90 Å². The van der Waals surface area contributed by atoms with Crippen molar-refractivity contribution >= 4 is 5.84 Å². The molecule has 3 aliphatic heterocycles.